The molecule has 0 fully saturated rings. The topological polar surface area (TPSA) is 97.6 Å². The van der Waals surface area contributed by atoms with Crippen molar-refractivity contribution in [1.29, 1.82) is 0 Å². The minimum absolute atomic E-state index is 0.112. The van der Waals surface area contributed by atoms with Gasteiger partial charge in [0.05, 0.1) is 25.4 Å². The van der Waals surface area contributed by atoms with Gasteiger partial charge in [-0.15, -0.1) is 0 Å². The fraction of sp³-hybridized carbons (Fsp3) is 0.235. The van der Waals surface area contributed by atoms with Gasteiger partial charge in [0.2, 0.25) is 0 Å². The average molecular weight is 330 g/mol. The number of rotatable bonds is 6. The molecule has 0 unspecified atom stereocenters. The van der Waals surface area contributed by atoms with Gasteiger partial charge in [-0.25, -0.2) is 0 Å². The third-order valence-corrected chi connectivity index (χ3v) is 3.35. The van der Waals surface area contributed by atoms with E-state index in [2.05, 4.69) is 15.4 Å². The van der Waals surface area contributed by atoms with Crippen LogP contribution in [0, 0.1) is 6.92 Å². The fourth-order valence-electron chi connectivity index (χ4n) is 2.01. The van der Waals surface area contributed by atoms with E-state index < -0.39 is 0 Å². The maximum atomic E-state index is 12.1. The summed E-state index contributed by atoms with van der Waals surface area (Å²) in [5.74, 6) is -0.434. The number of amides is 2. The van der Waals surface area contributed by atoms with Gasteiger partial charge in [0, 0.05) is 17.8 Å². The van der Waals surface area contributed by atoms with Crippen molar-refractivity contribution in [2.45, 2.75) is 13.3 Å². The molecule has 0 radical (unpaired) electrons. The number of esters is 1. The van der Waals surface area contributed by atoms with Crippen LogP contribution >= 0.6 is 0 Å². The predicted molar refractivity (Wildman–Crippen MR) is 86.8 cm³/mol. The third kappa shape index (κ3) is 4.45. The molecule has 2 N–H and O–H groups in total. The molecule has 7 heteroatoms. The highest BCUT2D eigenvalue weighted by Crippen LogP contribution is 2.14. The molecular weight excluding hydrogens is 312 g/mol. The summed E-state index contributed by atoms with van der Waals surface area (Å²) < 4.78 is 9.58. The molecule has 0 atom stereocenters. The largest absolute Gasteiger partial charge is 0.469 e. The van der Waals surface area contributed by atoms with Crippen molar-refractivity contribution in [3.63, 3.8) is 0 Å². The standard InChI is InChI=1S/C17H18N2O5/c1-11-14(8-10-24-11)17(22)19-13-5-3-12(4-6-13)16(21)18-9-7-15(20)23-2/h3-6,8,10H,7,9H2,1-2H3,(H,18,21)(H,19,22). The van der Waals surface area contributed by atoms with Crippen molar-refractivity contribution < 1.29 is 23.5 Å². The minimum Gasteiger partial charge on any atom is -0.469 e. The Kier molecular flexibility index (Phi) is 5.73. The van der Waals surface area contributed by atoms with Gasteiger partial charge in [0.15, 0.2) is 0 Å². The zero-order valence-corrected chi connectivity index (χ0v) is 13.4. The first kappa shape index (κ1) is 17.3. The second kappa shape index (κ2) is 7.96. The summed E-state index contributed by atoms with van der Waals surface area (Å²) >= 11 is 0. The van der Waals surface area contributed by atoms with Crippen molar-refractivity contribution in [1.82, 2.24) is 5.32 Å². The molecule has 1 aromatic carbocycles. The smallest absolute Gasteiger partial charge is 0.307 e. The number of carbonyl (C=O) groups is 3. The number of hydrogen-bond acceptors (Lipinski definition) is 5. The van der Waals surface area contributed by atoms with Crippen molar-refractivity contribution in [3.8, 4) is 0 Å². The number of hydrogen-bond donors (Lipinski definition) is 2. The van der Waals surface area contributed by atoms with Crippen LogP contribution in [0.2, 0.25) is 0 Å². The maximum Gasteiger partial charge on any atom is 0.307 e. The van der Waals surface area contributed by atoms with Gasteiger partial charge in [-0.3, -0.25) is 14.4 Å². The van der Waals surface area contributed by atoms with E-state index in [-0.39, 0.29) is 30.7 Å². The lowest BCUT2D eigenvalue weighted by Gasteiger charge is -2.07. The zero-order valence-electron chi connectivity index (χ0n) is 13.4. The van der Waals surface area contributed by atoms with Gasteiger partial charge in [-0.1, -0.05) is 0 Å². The fourth-order valence-corrected chi connectivity index (χ4v) is 2.01. The Balaban J connectivity index is 1.90. The van der Waals surface area contributed by atoms with E-state index in [1.807, 2.05) is 0 Å². The molecule has 1 aromatic heterocycles. The van der Waals surface area contributed by atoms with Crippen molar-refractivity contribution >= 4 is 23.5 Å². The molecule has 2 aromatic rings. The molecule has 0 aliphatic rings. The van der Waals surface area contributed by atoms with Gasteiger partial charge < -0.3 is 19.8 Å². The Morgan fingerprint density at radius 3 is 2.38 bits per heavy atom. The molecule has 2 amide bonds. The summed E-state index contributed by atoms with van der Waals surface area (Å²) in [6.07, 6.45) is 1.56. The van der Waals surface area contributed by atoms with Gasteiger partial charge in [0.1, 0.15) is 5.76 Å². The molecule has 2 rings (SSSR count). The summed E-state index contributed by atoms with van der Waals surface area (Å²) in [5, 5.41) is 5.34. The Morgan fingerprint density at radius 2 is 1.79 bits per heavy atom. The van der Waals surface area contributed by atoms with Crippen LogP contribution in [0.1, 0.15) is 32.9 Å². The lowest BCUT2D eigenvalue weighted by atomic mass is 10.2. The monoisotopic (exact) mass is 330 g/mol. The number of nitrogens with one attached hydrogen (secondary N) is 2. The molecule has 0 aliphatic carbocycles. The van der Waals surface area contributed by atoms with E-state index in [1.54, 1.807) is 37.3 Å². The first-order chi connectivity index (χ1) is 11.5. The van der Waals surface area contributed by atoms with Crippen LogP contribution < -0.4 is 10.6 Å². The van der Waals surface area contributed by atoms with Crippen LogP contribution in [0.15, 0.2) is 41.0 Å². The number of furan rings is 1. The van der Waals surface area contributed by atoms with Crippen LogP contribution in [0.5, 0.6) is 0 Å². The normalized spacial score (nSPS) is 10.1. The molecule has 0 saturated carbocycles. The summed E-state index contributed by atoms with van der Waals surface area (Å²) in [7, 11) is 1.29. The Labute approximate surface area is 139 Å². The third-order valence-electron chi connectivity index (χ3n) is 3.35. The number of benzene rings is 1. The van der Waals surface area contributed by atoms with E-state index in [9.17, 15) is 14.4 Å². The van der Waals surface area contributed by atoms with Gasteiger partial charge in [-0.2, -0.15) is 0 Å². The van der Waals surface area contributed by atoms with Crippen molar-refractivity contribution in [2.75, 3.05) is 19.0 Å². The maximum absolute atomic E-state index is 12.1. The van der Waals surface area contributed by atoms with E-state index >= 15 is 0 Å². The highest BCUT2D eigenvalue weighted by Gasteiger charge is 2.12. The Bertz CT molecular complexity index is 734. The van der Waals surface area contributed by atoms with Gasteiger partial charge in [-0.05, 0) is 37.3 Å². The van der Waals surface area contributed by atoms with E-state index in [4.69, 9.17) is 4.42 Å². The lowest BCUT2D eigenvalue weighted by Crippen LogP contribution is -2.26. The number of methoxy groups -OCH3 is 1. The summed E-state index contributed by atoms with van der Waals surface area (Å²) in [5.41, 5.74) is 1.45. The van der Waals surface area contributed by atoms with Gasteiger partial charge in [0.25, 0.3) is 11.8 Å². The molecular formula is C17H18N2O5. The molecule has 0 bridgehead atoms. The molecule has 7 nitrogen and oxygen atoms in total. The lowest BCUT2D eigenvalue weighted by molar-refractivity contribution is -0.140. The summed E-state index contributed by atoms with van der Waals surface area (Å²) in [6.45, 7) is 1.90. The van der Waals surface area contributed by atoms with E-state index in [1.165, 1.54) is 13.4 Å². The highest BCUT2D eigenvalue weighted by atomic mass is 16.5. The number of ether oxygens (including phenoxy) is 1. The molecule has 24 heavy (non-hydrogen) atoms. The Hall–Kier alpha value is -3.09. The number of anilines is 1. The second-order valence-electron chi connectivity index (χ2n) is 5.00. The van der Waals surface area contributed by atoms with Crippen LogP contribution in [-0.4, -0.2) is 31.4 Å². The molecule has 126 valence electrons. The molecule has 0 saturated heterocycles. The van der Waals surface area contributed by atoms with Crippen LogP contribution in [0.3, 0.4) is 0 Å². The van der Waals surface area contributed by atoms with Gasteiger partial charge >= 0.3 is 5.97 Å². The second-order valence-corrected chi connectivity index (χ2v) is 5.00. The first-order valence-electron chi connectivity index (χ1n) is 7.32. The predicted octanol–water partition coefficient (Wildman–Crippen LogP) is 2.13. The number of carbonyl (C=O) groups excluding carboxylic acids is 3. The highest BCUT2D eigenvalue weighted by molar-refractivity contribution is 6.05. The minimum atomic E-state index is -0.386. The van der Waals surface area contributed by atoms with Crippen molar-refractivity contribution in [3.05, 3.63) is 53.5 Å². The zero-order chi connectivity index (χ0) is 17.5. The number of aryl methyl sites for hydroxylation is 1. The van der Waals surface area contributed by atoms with Crippen molar-refractivity contribution in [2.24, 2.45) is 0 Å². The summed E-state index contributed by atoms with van der Waals surface area (Å²) in [6, 6.07) is 8.02. The quantitative estimate of drug-likeness (QED) is 0.791. The van der Waals surface area contributed by atoms with E-state index in [0.29, 0.717) is 22.6 Å². The SMILES string of the molecule is COC(=O)CCNC(=O)c1ccc(NC(=O)c2ccoc2C)cc1. The first-order valence-corrected chi connectivity index (χ1v) is 7.32. The molecule has 0 aliphatic heterocycles. The average Bonchev–Trinajstić information content (AvgIpc) is 3.01. The van der Waals surface area contributed by atoms with Crippen LogP contribution in [0.4, 0.5) is 5.69 Å². The molecule has 1 heterocycles. The Morgan fingerprint density at radius 1 is 1.08 bits per heavy atom. The van der Waals surface area contributed by atoms with E-state index in [0.717, 1.165) is 0 Å². The summed E-state index contributed by atoms with van der Waals surface area (Å²) in [4.78, 5) is 34.9. The van der Waals surface area contributed by atoms with Crippen LogP contribution in [-0.2, 0) is 9.53 Å². The molecule has 0 spiro atoms. The van der Waals surface area contributed by atoms with Crippen LogP contribution in [0.25, 0.3) is 0 Å².